The summed E-state index contributed by atoms with van der Waals surface area (Å²) in [4.78, 5) is 43.0. The van der Waals surface area contributed by atoms with Crippen LogP contribution >= 0.6 is 11.8 Å². The summed E-state index contributed by atoms with van der Waals surface area (Å²) in [5.74, 6) is -0.518. The summed E-state index contributed by atoms with van der Waals surface area (Å²) in [5.41, 5.74) is 1.23. The van der Waals surface area contributed by atoms with E-state index in [2.05, 4.69) is 4.98 Å². The monoisotopic (exact) mass is 373 g/mol. The predicted octanol–water partition coefficient (Wildman–Crippen LogP) is 1.72. The maximum atomic E-state index is 13.0. The Kier molecular flexibility index (Phi) is 5.13. The maximum Gasteiger partial charge on any atom is 0.339 e. The lowest BCUT2D eigenvalue weighted by Crippen LogP contribution is -2.41. The average molecular weight is 373 g/mol. The third-order valence-electron chi connectivity index (χ3n) is 4.35. The number of ether oxygens (including phenoxy) is 1. The molecule has 1 amide bonds. The van der Waals surface area contributed by atoms with E-state index in [0.29, 0.717) is 27.7 Å². The van der Waals surface area contributed by atoms with Gasteiger partial charge in [0.2, 0.25) is 5.91 Å². The van der Waals surface area contributed by atoms with E-state index in [0.717, 1.165) is 0 Å². The van der Waals surface area contributed by atoms with Crippen LogP contribution in [-0.2, 0) is 16.1 Å². The van der Waals surface area contributed by atoms with E-state index >= 15 is 0 Å². The topological polar surface area (TPSA) is 81.5 Å². The Labute approximate surface area is 155 Å². The zero-order valence-corrected chi connectivity index (χ0v) is 15.6. The number of hydrogen-bond acceptors (Lipinski definition) is 6. The Bertz CT molecular complexity index is 925. The number of aromatic nitrogens is 2. The van der Waals surface area contributed by atoms with Crippen LogP contribution in [0.2, 0.25) is 0 Å². The van der Waals surface area contributed by atoms with Crippen LogP contribution in [0.5, 0.6) is 0 Å². The summed E-state index contributed by atoms with van der Waals surface area (Å²) >= 11 is 1.39. The molecule has 0 bridgehead atoms. The van der Waals surface area contributed by atoms with Crippen molar-refractivity contribution in [2.45, 2.75) is 18.6 Å². The van der Waals surface area contributed by atoms with Crippen LogP contribution in [0.15, 0.2) is 40.4 Å². The number of nitrogens with zero attached hydrogens (tertiary/aromatic N) is 3. The van der Waals surface area contributed by atoms with Crippen molar-refractivity contribution in [2.24, 2.45) is 5.92 Å². The van der Waals surface area contributed by atoms with E-state index in [1.54, 1.807) is 49.0 Å². The second kappa shape index (κ2) is 7.33. The molecule has 1 aliphatic heterocycles. The van der Waals surface area contributed by atoms with E-state index in [1.165, 1.54) is 23.8 Å². The molecule has 2 heterocycles. The van der Waals surface area contributed by atoms with Gasteiger partial charge in [-0.2, -0.15) is 0 Å². The lowest BCUT2D eigenvalue weighted by molar-refractivity contribution is -0.122. The molecule has 0 saturated carbocycles. The number of rotatable bonds is 3. The minimum Gasteiger partial charge on any atom is -0.465 e. The first-order valence-electron chi connectivity index (χ1n) is 8.08. The number of fused-ring (bicyclic) bond motifs is 1. The van der Waals surface area contributed by atoms with E-state index in [1.807, 2.05) is 0 Å². The largest absolute Gasteiger partial charge is 0.465 e. The number of carbonyl (C=O) groups excluding carboxylic acids is 2. The van der Waals surface area contributed by atoms with Gasteiger partial charge in [0.15, 0.2) is 5.16 Å². The molecule has 0 fully saturated rings. The van der Waals surface area contributed by atoms with Crippen LogP contribution in [-0.4, -0.2) is 41.3 Å². The standard InChI is InChI=1S/C18H19N3O4S/c1-11-8-19-18-21(15(11)22)9-12(10-26-18)16(23)20(2)14-7-5-4-6-13(14)17(24)25-3/h4-8,12H,9-10H2,1-3H3. The van der Waals surface area contributed by atoms with Crippen molar-refractivity contribution in [1.29, 1.82) is 0 Å². The van der Waals surface area contributed by atoms with Crippen molar-refractivity contribution >= 4 is 29.3 Å². The molecule has 2 aromatic rings. The second-order valence-corrected chi connectivity index (χ2v) is 7.04. The van der Waals surface area contributed by atoms with E-state index in [-0.39, 0.29) is 23.9 Å². The molecule has 8 heteroatoms. The van der Waals surface area contributed by atoms with Gasteiger partial charge in [0.05, 0.1) is 24.3 Å². The van der Waals surface area contributed by atoms with Crippen LogP contribution in [0.25, 0.3) is 0 Å². The number of para-hydroxylation sites is 1. The zero-order valence-electron chi connectivity index (χ0n) is 14.8. The molecule has 0 spiro atoms. The van der Waals surface area contributed by atoms with Crippen molar-refractivity contribution < 1.29 is 14.3 Å². The number of anilines is 1. The molecule has 26 heavy (non-hydrogen) atoms. The molecule has 7 nitrogen and oxygen atoms in total. The highest BCUT2D eigenvalue weighted by molar-refractivity contribution is 7.99. The van der Waals surface area contributed by atoms with Crippen LogP contribution in [0, 0.1) is 12.8 Å². The van der Waals surface area contributed by atoms with Crippen molar-refractivity contribution in [3.63, 3.8) is 0 Å². The molecular weight excluding hydrogens is 354 g/mol. The molecule has 0 aliphatic carbocycles. The van der Waals surface area contributed by atoms with E-state index < -0.39 is 5.97 Å². The summed E-state index contributed by atoms with van der Waals surface area (Å²) < 4.78 is 6.34. The van der Waals surface area contributed by atoms with Gasteiger partial charge in [-0.25, -0.2) is 9.78 Å². The third kappa shape index (κ3) is 3.24. The fourth-order valence-electron chi connectivity index (χ4n) is 2.89. The Morgan fingerprint density at radius 1 is 1.35 bits per heavy atom. The van der Waals surface area contributed by atoms with Crippen molar-refractivity contribution in [1.82, 2.24) is 9.55 Å². The molecule has 0 radical (unpaired) electrons. The number of hydrogen-bond donors (Lipinski definition) is 0. The minimum atomic E-state index is -0.500. The first kappa shape index (κ1) is 18.2. The zero-order chi connectivity index (χ0) is 18.8. The Hall–Kier alpha value is -2.61. The summed E-state index contributed by atoms with van der Waals surface area (Å²) in [7, 11) is 2.93. The highest BCUT2D eigenvalue weighted by Gasteiger charge is 2.30. The normalized spacial score (nSPS) is 15.9. The first-order valence-corrected chi connectivity index (χ1v) is 9.06. The summed E-state index contributed by atoms with van der Waals surface area (Å²) in [6, 6.07) is 6.79. The maximum absolute atomic E-state index is 13.0. The minimum absolute atomic E-state index is 0.127. The van der Waals surface area contributed by atoms with Gasteiger partial charge in [0.1, 0.15) is 0 Å². The third-order valence-corrected chi connectivity index (χ3v) is 5.50. The van der Waals surface area contributed by atoms with Crippen molar-refractivity contribution in [3.05, 3.63) is 51.9 Å². The number of esters is 1. The molecule has 1 aliphatic rings. The Morgan fingerprint density at radius 2 is 2.08 bits per heavy atom. The van der Waals surface area contributed by atoms with Crippen molar-refractivity contribution in [2.75, 3.05) is 24.8 Å². The highest BCUT2D eigenvalue weighted by Crippen LogP contribution is 2.28. The summed E-state index contributed by atoms with van der Waals surface area (Å²) in [5, 5.41) is 0.627. The van der Waals surface area contributed by atoms with Crippen LogP contribution < -0.4 is 10.5 Å². The molecular formula is C18H19N3O4S. The Balaban J connectivity index is 1.88. The van der Waals surface area contributed by atoms with Gasteiger partial charge in [-0.3, -0.25) is 14.2 Å². The van der Waals surface area contributed by atoms with Gasteiger partial charge in [-0.05, 0) is 19.1 Å². The first-order chi connectivity index (χ1) is 12.4. The number of aryl methyl sites for hydroxylation is 1. The highest BCUT2D eigenvalue weighted by atomic mass is 32.2. The number of thioether (sulfide) groups is 1. The predicted molar refractivity (Wildman–Crippen MR) is 98.6 cm³/mol. The van der Waals surface area contributed by atoms with Gasteiger partial charge in [0, 0.05) is 31.1 Å². The molecule has 0 N–H and O–H groups in total. The Morgan fingerprint density at radius 3 is 2.81 bits per heavy atom. The van der Waals surface area contributed by atoms with Gasteiger partial charge < -0.3 is 9.64 Å². The molecule has 3 rings (SSSR count). The van der Waals surface area contributed by atoms with E-state index in [9.17, 15) is 14.4 Å². The van der Waals surface area contributed by atoms with Crippen LogP contribution in [0.1, 0.15) is 15.9 Å². The quantitative estimate of drug-likeness (QED) is 0.602. The van der Waals surface area contributed by atoms with Crippen LogP contribution in [0.3, 0.4) is 0 Å². The fourth-order valence-corrected chi connectivity index (χ4v) is 3.93. The number of carbonyl (C=O) groups is 2. The SMILES string of the molecule is COC(=O)c1ccccc1N(C)C(=O)C1CSc2ncc(C)c(=O)n2C1. The molecule has 136 valence electrons. The number of methoxy groups -OCH3 is 1. The van der Waals surface area contributed by atoms with Gasteiger partial charge in [-0.15, -0.1) is 0 Å². The number of benzene rings is 1. The summed E-state index contributed by atoms with van der Waals surface area (Å²) in [6.45, 7) is 1.98. The van der Waals surface area contributed by atoms with E-state index in [4.69, 9.17) is 4.74 Å². The van der Waals surface area contributed by atoms with Crippen molar-refractivity contribution in [3.8, 4) is 0 Å². The van der Waals surface area contributed by atoms with Gasteiger partial charge in [-0.1, -0.05) is 23.9 Å². The molecule has 1 aromatic heterocycles. The number of amides is 1. The average Bonchev–Trinajstić information content (AvgIpc) is 2.69. The molecule has 1 aromatic carbocycles. The van der Waals surface area contributed by atoms with Crippen LogP contribution in [0.4, 0.5) is 5.69 Å². The molecule has 1 atom stereocenters. The smallest absolute Gasteiger partial charge is 0.339 e. The fraction of sp³-hybridized carbons (Fsp3) is 0.333. The molecule has 1 unspecified atom stereocenters. The van der Waals surface area contributed by atoms with Gasteiger partial charge in [0.25, 0.3) is 5.56 Å². The lowest BCUT2D eigenvalue weighted by Gasteiger charge is -2.28. The van der Waals surface area contributed by atoms with Gasteiger partial charge >= 0.3 is 5.97 Å². The second-order valence-electron chi connectivity index (χ2n) is 6.05. The lowest BCUT2D eigenvalue weighted by atomic mass is 10.1. The molecule has 0 saturated heterocycles. The summed E-state index contributed by atoms with van der Waals surface area (Å²) in [6.07, 6.45) is 1.56.